The van der Waals surface area contributed by atoms with Gasteiger partial charge in [-0.15, -0.1) is 0 Å². The second-order valence-electron chi connectivity index (χ2n) is 15.8. The zero-order valence-corrected chi connectivity index (χ0v) is 33.4. The van der Waals surface area contributed by atoms with Crippen molar-refractivity contribution in [1.82, 2.24) is 9.13 Å². The molecule has 0 spiro atoms. The Kier molecular flexibility index (Phi) is 8.17. The second-order valence-corrected chi connectivity index (χ2v) is 15.8. The highest BCUT2D eigenvalue weighted by Gasteiger charge is 2.18. The molecule has 2 aromatic heterocycles. The largest absolute Gasteiger partial charge is 0.310 e. The summed E-state index contributed by atoms with van der Waals surface area (Å²) >= 11 is 0. The van der Waals surface area contributed by atoms with Gasteiger partial charge in [-0.05, 0) is 125 Å². The maximum atomic E-state index is 2.40. The van der Waals surface area contributed by atoms with Crippen LogP contribution >= 0.6 is 0 Å². The van der Waals surface area contributed by atoms with E-state index in [1.54, 1.807) is 0 Å². The van der Waals surface area contributed by atoms with Crippen molar-refractivity contribution < 1.29 is 0 Å². The summed E-state index contributed by atoms with van der Waals surface area (Å²) in [4.78, 5) is 2.36. The molecule has 0 amide bonds. The minimum atomic E-state index is 1.11. The lowest BCUT2D eigenvalue weighted by molar-refractivity contribution is 1.18. The number of nitrogens with zero attached hydrogens (tertiary/aromatic N) is 3. The molecular formula is C58H39N3. The first-order valence-electron chi connectivity index (χ1n) is 20.9. The normalized spacial score (nSPS) is 11.6. The summed E-state index contributed by atoms with van der Waals surface area (Å²) in [6.45, 7) is 0. The zero-order chi connectivity index (χ0) is 40.3. The third-order valence-electron chi connectivity index (χ3n) is 12.3. The van der Waals surface area contributed by atoms with Gasteiger partial charge in [0.1, 0.15) is 0 Å². The van der Waals surface area contributed by atoms with Crippen molar-refractivity contribution in [3.05, 3.63) is 237 Å². The molecule has 0 saturated heterocycles. The van der Waals surface area contributed by atoms with Crippen molar-refractivity contribution in [1.29, 1.82) is 0 Å². The highest BCUT2D eigenvalue weighted by Crippen LogP contribution is 2.42. The van der Waals surface area contributed by atoms with Crippen molar-refractivity contribution >= 4 is 71.4 Å². The lowest BCUT2D eigenvalue weighted by Crippen LogP contribution is -2.10. The minimum absolute atomic E-state index is 1.11. The van der Waals surface area contributed by atoms with Gasteiger partial charge in [-0.25, -0.2) is 0 Å². The summed E-state index contributed by atoms with van der Waals surface area (Å²) in [7, 11) is 0. The maximum absolute atomic E-state index is 2.40. The number of fused-ring (bicyclic) bond motifs is 7. The van der Waals surface area contributed by atoms with E-state index in [2.05, 4.69) is 251 Å². The number of rotatable bonds is 7. The quantitative estimate of drug-likeness (QED) is 0.157. The molecule has 12 aromatic rings. The predicted octanol–water partition coefficient (Wildman–Crippen LogP) is 15.8. The van der Waals surface area contributed by atoms with Gasteiger partial charge in [0.05, 0.1) is 27.8 Å². The van der Waals surface area contributed by atoms with Crippen LogP contribution in [0.2, 0.25) is 0 Å². The molecule has 0 radical (unpaired) electrons. The smallest absolute Gasteiger partial charge is 0.0541 e. The first-order chi connectivity index (χ1) is 30.3. The number of hydrogen-bond donors (Lipinski definition) is 0. The molecule has 0 N–H and O–H groups in total. The van der Waals surface area contributed by atoms with Gasteiger partial charge in [-0.1, -0.05) is 140 Å². The summed E-state index contributed by atoms with van der Waals surface area (Å²) in [5.41, 5.74) is 15.3. The Hall–Kier alpha value is -8.14. The number of anilines is 3. The first-order valence-corrected chi connectivity index (χ1v) is 20.9. The van der Waals surface area contributed by atoms with Crippen molar-refractivity contribution in [3.63, 3.8) is 0 Å². The van der Waals surface area contributed by atoms with Crippen molar-refractivity contribution in [2.75, 3.05) is 4.90 Å². The van der Waals surface area contributed by atoms with Crippen molar-refractivity contribution in [2.24, 2.45) is 0 Å². The molecular weight excluding hydrogens is 739 g/mol. The Morgan fingerprint density at radius 3 is 1.26 bits per heavy atom. The van der Waals surface area contributed by atoms with Crippen LogP contribution in [0.4, 0.5) is 17.1 Å². The Balaban J connectivity index is 0.990. The summed E-state index contributed by atoms with van der Waals surface area (Å²) < 4.78 is 4.78. The summed E-state index contributed by atoms with van der Waals surface area (Å²) in [5, 5.41) is 7.40. The maximum Gasteiger partial charge on any atom is 0.0541 e. The first kappa shape index (κ1) is 34.9. The van der Waals surface area contributed by atoms with Crippen molar-refractivity contribution in [2.45, 2.75) is 0 Å². The molecule has 3 heteroatoms. The van der Waals surface area contributed by atoms with E-state index >= 15 is 0 Å². The molecule has 2 heterocycles. The average molecular weight is 778 g/mol. The molecule has 10 aromatic carbocycles. The fourth-order valence-corrected chi connectivity index (χ4v) is 9.46. The fraction of sp³-hybridized carbons (Fsp3) is 0. The zero-order valence-electron chi connectivity index (χ0n) is 33.4. The van der Waals surface area contributed by atoms with Gasteiger partial charge in [0.15, 0.2) is 0 Å². The lowest BCUT2D eigenvalue weighted by atomic mass is 9.99. The number of benzene rings is 10. The molecule has 0 bridgehead atoms. The standard InChI is InChI=1S/C58H39N3/c1-4-17-45(18-5-1)59(54-26-14-16-41-15-10-11-23-49(41)54)48-32-27-40(28-33-48)42-29-34-57-52(37-42)53-39-44(31-36-58(53)61(57)47-21-8-3-9-22-47)43-30-35-56-51(38-43)50-24-12-13-25-55(50)60(56)46-19-6-2-7-20-46/h1-39H. The molecule has 0 saturated carbocycles. The fourth-order valence-electron chi connectivity index (χ4n) is 9.46. The SMILES string of the molecule is c1ccc(N(c2ccc(-c3ccc4c(c3)c3cc(-c5ccc6c(c5)c5ccccc5n6-c5ccccc5)ccc3n4-c3ccccc3)cc2)c2cccc3ccccc23)cc1. The number of hydrogen-bond acceptors (Lipinski definition) is 1. The van der Waals surface area contributed by atoms with Crippen LogP contribution in [0.5, 0.6) is 0 Å². The topological polar surface area (TPSA) is 13.1 Å². The van der Waals surface area contributed by atoms with Gasteiger partial charge in [0, 0.05) is 49.7 Å². The Morgan fingerprint density at radius 1 is 0.262 bits per heavy atom. The van der Waals surface area contributed by atoms with E-state index in [1.165, 1.54) is 82.3 Å². The third kappa shape index (κ3) is 5.82. The Labute approximate surface area is 354 Å². The van der Waals surface area contributed by atoms with Crippen LogP contribution < -0.4 is 4.90 Å². The van der Waals surface area contributed by atoms with Gasteiger partial charge in [-0.3, -0.25) is 0 Å². The highest BCUT2D eigenvalue weighted by molar-refractivity contribution is 6.13. The Bertz CT molecular complexity index is 3560. The van der Waals surface area contributed by atoms with Crippen LogP contribution in [0.15, 0.2) is 237 Å². The molecule has 61 heavy (non-hydrogen) atoms. The molecule has 0 atom stereocenters. The van der Waals surface area contributed by atoms with Crippen LogP contribution in [-0.2, 0) is 0 Å². The van der Waals surface area contributed by atoms with E-state index in [9.17, 15) is 0 Å². The second kappa shape index (κ2) is 14.3. The van der Waals surface area contributed by atoms with Crippen LogP contribution in [0.3, 0.4) is 0 Å². The number of aromatic nitrogens is 2. The third-order valence-corrected chi connectivity index (χ3v) is 12.3. The molecule has 0 fully saturated rings. The summed E-state index contributed by atoms with van der Waals surface area (Å²) in [6.07, 6.45) is 0. The molecule has 0 aliphatic rings. The monoisotopic (exact) mass is 777 g/mol. The van der Waals surface area contributed by atoms with Gasteiger partial charge in [0.25, 0.3) is 0 Å². The molecule has 286 valence electrons. The van der Waals surface area contributed by atoms with E-state index in [0.717, 1.165) is 22.7 Å². The van der Waals surface area contributed by atoms with Crippen molar-refractivity contribution in [3.8, 4) is 33.6 Å². The highest BCUT2D eigenvalue weighted by atomic mass is 15.1. The van der Waals surface area contributed by atoms with Crippen LogP contribution in [0.25, 0.3) is 88.0 Å². The van der Waals surface area contributed by atoms with Gasteiger partial charge >= 0.3 is 0 Å². The Morgan fingerprint density at radius 2 is 0.672 bits per heavy atom. The summed E-state index contributed by atoms with van der Waals surface area (Å²) in [6, 6.07) is 85.9. The lowest BCUT2D eigenvalue weighted by Gasteiger charge is -2.27. The van der Waals surface area contributed by atoms with Gasteiger partial charge in [-0.2, -0.15) is 0 Å². The van der Waals surface area contributed by atoms with Gasteiger partial charge < -0.3 is 14.0 Å². The number of para-hydroxylation sites is 4. The molecule has 12 rings (SSSR count). The summed E-state index contributed by atoms with van der Waals surface area (Å²) in [5.74, 6) is 0. The van der Waals surface area contributed by atoms with Crippen LogP contribution in [-0.4, -0.2) is 9.13 Å². The van der Waals surface area contributed by atoms with Crippen LogP contribution in [0.1, 0.15) is 0 Å². The van der Waals surface area contributed by atoms with E-state index in [-0.39, 0.29) is 0 Å². The molecule has 0 aliphatic carbocycles. The average Bonchev–Trinajstić information content (AvgIpc) is 3.84. The predicted molar refractivity (Wildman–Crippen MR) is 258 cm³/mol. The minimum Gasteiger partial charge on any atom is -0.310 e. The molecule has 0 unspecified atom stereocenters. The molecule has 0 aliphatic heterocycles. The van der Waals surface area contributed by atoms with E-state index in [0.29, 0.717) is 0 Å². The van der Waals surface area contributed by atoms with Gasteiger partial charge in [0.2, 0.25) is 0 Å². The van der Waals surface area contributed by atoms with E-state index in [1.807, 2.05) is 0 Å². The van der Waals surface area contributed by atoms with E-state index in [4.69, 9.17) is 0 Å². The van der Waals surface area contributed by atoms with Crippen LogP contribution in [0, 0.1) is 0 Å². The molecule has 3 nitrogen and oxygen atoms in total. The van der Waals surface area contributed by atoms with E-state index < -0.39 is 0 Å².